The SMILES string of the molecule is C[n+]1cc2nc3c(cc2c2ccccc21)COc1cc(N2CC(C(=O)O)C2)ccc1-3. The van der Waals surface area contributed by atoms with Crippen LogP contribution in [0.4, 0.5) is 5.69 Å². The quantitative estimate of drug-likeness (QED) is 0.415. The van der Waals surface area contributed by atoms with Crippen molar-refractivity contribution >= 4 is 33.5 Å². The Balaban J connectivity index is 1.44. The molecule has 0 unspecified atom stereocenters. The minimum absolute atomic E-state index is 0.286. The lowest BCUT2D eigenvalue weighted by atomic mass is 9.97. The summed E-state index contributed by atoms with van der Waals surface area (Å²) in [6.45, 7) is 1.55. The van der Waals surface area contributed by atoms with Crippen LogP contribution in [0.15, 0.2) is 54.7 Å². The lowest BCUT2D eigenvalue weighted by Crippen LogP contribution is -2.50. The number of para-hydroxylation sites is 1. The molecule has 6 nitrogen and oxygen atoms in total. The van der Waals surface area contributed by atoms with E-state index < -0.39 is 5.97 Å². The van der Waals surface area contributed by atoms with Gasteiger partial charge in [0.15, 0.2) is 6.20 Å². The molecule has 0 atom stereocenters. The van der Waals surface area contributed by atoms with Crippen LogP contribution in [-0.2, 0) is 18.4 Å². The molecular formula is C24H20N3O3+. The molecule has 4 aromatic rings. The molecule has 0 bridgehead atoms. The summed E-state index contributed by atoms with van der Waals surface area (Å²) in [6.07, 6.45) is 2.08. The van der Waals surface area contributed by atoms with Gasteiger partial charge in [0.25, 0.3) is 0 Å². The van der Waals surface area contributed by atoms with Crippen molar-refractivity contribution in [1.29, 1.82) is 0 Å². The van der Waals surface area contributed by atoms with Crippen molar-refractivity contribution in [3.05, 3.63) is 60.3 Å². The molecule has 4 heterocycles. The van der Waals surface area contributed by atoms with Gasteiger partial charge in [-0.05, 0) is 24.3 Å². The zero-order valence-electron chi connectivity index (χ0n) is 16.5. The van der Waals surface area contributed by atoms with Gasteiger partial charge in [-0.2, -0.15) is 4.57 Å². The Morgan fingerprint density at radius 1 is 1.17 bits per heavy atom. The number of hydrogen-bond donors (Lipinski definition) is 1. The standard InChI is InChI=1S/C24H19N3O3/c1-26-12-20-19(17-4-2-3-5-21(17)26)8-14-13-30-22-9-16(6-7-18(22)23(14)25-20)27-10-15(11-27)24(28)29/h2-9,12,15H,10-11,13H2,1H3/p+1. The molecule has 30 heavy (non-hydrogen) atoms. The van der Waals surface area contributed by atoms with Crippen molar-refractivity contribution in [2.24, 2.45) is 13.0 Å². The van der Waals surface area contributed by atoms with Crippen LogP contribution < -0.4 is 14.2 Å². The number of carboxylic acid groups (broad SMARTS) is 1. The van der Waals surface area contributed by atoms with E-state index in [1.807, 2.05) is 31.3 Å². The van der Waals surface area contributed by atoms with Gasteiger partial charge in [-0.3, -0.25) is 4.79 Å². The second kappa shape index (κ2) is 6.16. The van der Waals surface area contributed by atoms with Crippen LogP contribution in [0, 0.1) is 5.92 Å². The van der Waals surface area contributed by atoms with E-state index in [1.54, 1.807) is 0 Å². The van der Waals surface area contributed by atoms with Gasteiger partial charge in [0.05, 0.1) is 17.0 Å². The van der Waals surface area contributed by atoms with Gasteiger partial charge in [-0.25, -0.2) is 4.98 Å². The Bertz CT molecular complexity index is 1360. The van der Waals surface area contributed by atoms with Gasteiger partial charge in [0.2, 0.25) is 5.52 Å². The first-order chi connectivity index (χ1) is 14.6. The highest BCUT2D eigenvalue weighted by Crippen LogP contribution is 2.41. The number of fused-ring (bicyclic) bond motifs is 6. The second-order valence-corrected chi connectivity index (χ2v) is 8.10. The first-order valence-corrected chi connectivity index (χ1v) is 10.0. The van der Waals surface area contributed by atoms with Crippen LogP contribution in [0.2, 0.25) is 0 Å². The average Bonchev–Trinajstić information content (AvgIpc) is 2.71. The first-order valence-electron chi connectivity index (χ1n) is 10.0. The van der Waals surface area contributed by atoms with Crippen LogP contribution in [0.25, 0.3) is 33.1 Å². The Labute approximate surface area is 173 Å². The summed E-state index contributed by atoms with van der Waals surface area (Å²) in [7, 11) is 2.05. The lowest BCUT2D eigenvalue weighted by molar-refractivity contribution is -0.643. The smallest absolute Gasteiger partial charge is 0.310 e. The van der Waals surface area contributed by atoms with Crippen LogP contribution in [0.5, 0.6) is 5.75 Å². The Kier molecular flexibility index (Phi) is 3.53. The van der Waals surface area contributed by atoms with E-state index in [4.69, 9.17) is 14.8 Å². The third-order valence-electron chi connectivity index (χ3n) is 6.22. The van der Waals surface area contributed by atoms with Crippen molar-refractivity contribution in [3.8, 4) is 17.0 Å². The molecule has 2 aliphatic heterocycles. The monoisotopic (exact) mass is 398 g/mol. The van der Waals surface area contributed by atoms with Gasteiger partial charge in [0, 0.05) is 47.4 Å². The number of benzene rings is 2. The van der Waals surface area contributed by atoms with E-state index in [2.05, 4.69) is 39.9 Å². The maximum atomic E-state index is 11.1. The minimum Gasteiger partial charge on any atom is -0.488 e. The molecular weight excluding hydrogens is 378 g/mol. The van der Waals surface area contributed by atoms with Gasteiger partial charge in [-0.1, -0.05) is 12.1 Å². The number of hydrogen-bond acceptors (Lipinski definition) is 4. The molecule has 2 aromatic heterocycles. The number of anilines is 1. The molecule has 2 aliphatic rings. The summed E-state index contributed by atoms with van der Waals surface area (Å²) < 4.78 is 8.19. The third kappa shape index (κ3) is 2.46. The Morgan fingerprint density at radius 3 is 2.83 bits per heavy atom. The molecule has 1 saturated heterocycles. The lowest BCUT2D eigenvalue weighted by Gasteiger charge is -2.39. The average molecular weight is 398 g/mol. The summed E-state index contributed by atoms with van der Waals surface area (Å²) in [5.41, 5.74) is 6.14. The first kappa shape index (κ1) is 17.2. The van der Waals surface area contributed by atoms with Crippen molar-refractivity contribution in [3.63, 3.8) is 0 Å². The number of aliphatic carboxylic acids is 1. The highest BCUT2D eigenvalue weighted by Gasteiger charge is 2.33. The predicted molar refractivity (Wildman–Crippen MR) is 114 cm³/mol. The minimum atomic E-state index is -0.730. The van der Waals surface area contributed by atoms with Gasteiger partial charge < -0.3 is 14.7 Å². The number of aryl methyl sites for hydroxylation is 1. The number of pyridine rings is 2. The molecule has 2 aromatic carbocycles. The molecule has 6 heteroatoms. The third-order valence-corrected chi connectivity index (χ3v) is 6.22. The number of carbonyl (C=O) groups is 1. The molecule has 0 radical (unpaired) electrons. The van der Waals surface area contributed by atoms with E-state index in [9.17, 15) is 4.79 Å². The van der Waals surface area contributed by atoms with E-state index >= 15 is 0 Å². The molecule has 0 spiro atoms. The van der Waals surface area contributed by atoms with Gasteiger partial charge >= 0.3 is 5.97 Å². The van der Waals surface area contributed by atoms with E-state index in [-0.39, 0.29) is 5.92 Å². The van der Waals surface area contributed by atoms with Crippen LogP contribution in [0.1, 0.15) is 5.56 Å². The number of rotatable bonds is 2. The fourth-order valence-corrected chi connectivity index (χ4v) is 4.51. The van der Waals surface area contributed by atoms with Crippen molar-refractivity contribution < 1.29 is 19.2 Å². The summed E-state index contributed by atoms with van der Waals surface area (Å²) in [5.74, 6) is -0.215. The molecule has 6 rings (SSSR count). The number of nitrogens with zero attached hydrogens (tertiary/aromatic N) is 3. The fraction of sp³-hybridized carbons (Fsp3) is 0.208. The maximum absolute atomic E-state index is 11.1. The number of aromatic nitrogens is 2. The van der Waals surface area contributed by atoms with Crippen molar-refractivity contribution in [1.82, 2.24) is 4.98 Å². The van der Waals surface area contributed by atoms with E-state index in [0.29, 0.717) is 19.7 Å². The zero-order valence-corrected chi connectivity index (χ0v) is 16.5. The molecule has 0 amide bonds. The number of carboxylic acids is 1. The topological polar surface area (TPSA) is 66.5 Å². The molecule has 1 fully saturated rings. The zero-order chi connectivity index (χ0) is 20.4. The molecule has 148 valence electrons. The van der Waals surface area contributed by atoms with Crippen molar-refractivity contribution in [2.45, 2.75) is 6.61 Å². The summed E-state index contributed by atoms with van der Waals surface area (Å²) >= 11 is 0. The van der Waals surface area contributed by atoms with Gasteiger partial charge in [0.1, 0.15) is 24.9 Å². The van der Waals surface area contributed by atoms with E-state index in [1.165, 1.54) is 10.9 Å². The molecule has 0 saturated carbocycles. The summed E-state index contributed by atoms with van der Waals surface area (Å²) in [4.78, 5) is 18.2. The summed E-state index contributed by atoms with van der Waals surface area (Å²) in [5, 5.41) is 11.4. The van der Waals surface area contributed by atoms with E-state index in [0.717, 1.165) is 39.2 Å². The van der Waals surface area contributed by atoms with Gasteiger partial charge in [-0.15, -0.1) is 0 Å². The highest BCUT2D eigenvalue weighted by atomic mass is 16.5. The maximum Gasteiger partial charge on any atom is 0.310 e. The Morgan fingerprint density at radius 2 is 2.00 bits per heavy atom. The molecule has 0 aliphatic carbocycles. The highest BCUT2D eigenvalue weighted by molar-refractivity contribution is 6.03. The molecule has 1 N–H and O–H groups in total. The predicted octanol–water partition coefficient (Wildman–Crippen LogP) is 3.29. The fourth-order valence-electron chi connectivity index (χ4n) is 4.51. The van der Waals surface area contributed by atoms with Crippen LogP contribution >= 0.6 is 0 Å². The summed E-state index contributed by atoms with van der Waals surface area (Å²) in [6, 6.07) is 16.6. The van der Waals surface area contributed by atoms with Crippen LogP contribution in [0.3, 0.4) is 0 Å². The number of ether oxygens (including phenoxy) is 1. The largest absolute Gasteiger partial charge is 0.488 e. The van der Waals surface area contributed by atoms with Crippen molar-refractivity contribution in [2.75, 3.05) is 18.0 Å². The second-order valence-electron chi connectivity index (χ2n) is 8.10. The van der Waals surface area contributed by atoms with Crippen LogP contribution in [-0.4, -0.2) is 29.1 Å². The normalized spacial score (nSPS) is 15.4. The Hall–Kier alpha value is -3.67.